The number of hydrogen-bond donors (Lipinski definition) is 0. The van der Waals surface area contributed by atoms with Crippen LogP contribution >= 0.6 is 11.8 Å². The second kappa shape index (κ2) is 3.52. The topological polar surface area (TPSA) is 13.1 Å². The largest absolute Gasteiger partial charge is 0.455 e. The predicted octanol–water partition coefficient (Wildman–Crippen LogP) is 2.87. The minimum Gasteiger partial charge on any atom is -0.455 e. The van der Waals surface area contributed by atoms with E-state index in [4.69, 9.17) is 4.42 Å². The average molecular weight is 154 g/mol. The van der Waals surface area contributed by atoms with Gasteiger partial charge in [0.25, 0.3) is 0 Å². The van der Waals surface area contributed by atoms with Crippen molar-refractivity contribution in [2.24, 2.45) is 0 Å². The Hall–Kier alpha value is -0.630. The number of rotatable bonds is 3. The molecule has 0 aromatic carbocycles. The molecule has 0 spiro atoms. The molecule has 0 radical (unpaired) electrons. The molecule has 0 aliphatic carbocycles. The highest BCUT2D eigenvalue weighted by atomic mass is 32.2. The fraction of sp³-hybridized carbons (Fsp3) is 0.250. The van der Waals surface area contributed by atoms with E-state index in [0.717, 1.165) is 16.6 Å². The Bertz CT molecular complexity index is 215. The summed E-state index contributed by atoms with van der Waals surface area (Å²) in [5.41, 5.74) is 0. The van der Waals surface area contributed by atoms with Gasteiger partial charge in [-0.05, 0) is 19.1 Å². The van der Waals surface area contributed by atoms with Gasteiger partial charge in [-0.2, -0.15) is 0 Å². The summed E-state index contributed by atoms with van der Waals surface area (Å²) >= 11 is 1.66. The summed E-state index contributed by atoms with van der Waals surface area (Å²) in [6.07, 6.45) is 1.86. The fourth-order valence-electron chi connectivity index (χ4n) is 0.631. The van der Waals surface area contributed by atoms with Gasteiger partial charge in [0.1, 0.15) is 5.76 Å². The van der Waals surface area contributed by atoms with E-state index in [0.29, 0.717) is 0 Å². The third-order valence-electron chi connectivity index (χ3n) is 1.06. The molecule has 1 rings (SSSR count). The molecule has 0 bridgehead atoms. The lowest BCUT2D eigenvalue weighted by molar-refractivity contribution is 0.449. The van der Waals surface area contributed by atoms with Crippen LogP contribution in [0.2, 0.25) is 0 Å². The lowest BCUT2D eigenvalue weighted by Crippen LogP contribution is -1.65. The molecule has 54 valence electrons. The monoisotopic (exact) mass is 154 g/mol. The van der Waals surface area contributed by atoms with Crippen LogP contribution in [0.3, 0.4) is 0 Å². The maximum atomic E-state index is 5.30. The van der Waals surface area contributed by atoms with Gasteiger partial charge in [0.05, 0.1) is 0 Å². The molecule has 0 saturated heterocycles. The van der Waals surface area contributed by atoms with Crippen molar-refractivity contribution < 1.29 is 4.42 Å². The van der Waals surface area contributed by atoms with E-state index < -0.39 is 0 Å². The minimum absolute atomic E-state index is 0.910. The van der Waals surface area contributed by atoms with E-state index in [1.54, 1.807) is 11.8 Å². The van der Waals surface area contributed by atoms with Gasteiger partial charge in [-0.15, -0.1) is 6.58 Å². The molecule has 0 aliphatic heterocycles. The summed E-state index contributed by atoms with van der Waals surface area (Å²) < 4.78 is 5.30. The molecule has 1 aromatic heterocycles. The van der Waals surface area contributed by atoms with Gasteiger partial charge in [-0.1, -0.05) is 17.8 Å². The van der Waals surface area contributed by atoms with E-state index in [-0.39, 0.29) is 0 Å². The van der Waals surface area contributed by atoms with Crippen LogP contribution in [0.4, 0.5) is 0 Å². The van der Waals surface area contributed by atoms with Gasteiger partial charge in [0.2, 0.25) is 0 Å². The lowest BCUT2D eigenvalue weighted by Gasteiger charge is -1.88. The van der Waals surface area contributed by atoms with Gasteiger partial charge >= 0.3 is 0 Å². The Morgan fingerprint density at radius 2 is 2.50 bits per heavy atom. The molecule has 0 amide bonds. The smallest absolute Gasteiger partial charge is 0.160 e. The molecule has 0 atom stereocenters. The molecular formula is C8H10OS. The van der Waals surface area contributed by atoms with Crippen LogP contribution in [0.15, 0.2) is 34.3 Å². The third-order valence-corrected chi connectivity index (χ3v) is 1.97. The van der Waals surface area contributed by atoms with E-state index in [9.17, 15) is 0 Å². The zero-order valence-corrected chi connectivity index (χ0v) is 6.78. The fourth-order valence-corrected chi connectivity index (χ4v) is 1.27. The Kier molecular flexibility index (Phi) is 2.63. The molecule has 1 aromatic rings. The zero-order valence-electron chi connectivity index (χ0n) is 5.96. The highest BCUT2D eigenvalue weighted by Gasteiger charge is 1.95. The minimum atomic E-state index is 0.910. The highest BCUT2D eigenvalue weighted by Crippen LogP contribution is 2.19. The molecule has 1 heterocycles. The molecule has 0 fully saturated rings. The maximum Gasteiger partial charge on any atom is 0.160 e. The van der Waals surface area contributed by atoms with Crippen LogP contribution in [-0.4, -0.2) is 5.75 Å². The van der Waals surface area contributed by atoms with Gasteiger partial charge in [0, 0.05) is 5.75 Å². The second-order valence-electron chi connectivity index (χ2n) is 1.96. The normalized spacial score (nSPS) is 9.70. The lowest BCUT2D eigenvalue weighted by atomic mass is 10.5. The van der Waals surface area contributed by atoms with Gasteiger partial charge in [-0.25, -0.2) is 0 Å². The van der Waals surface area contributed by atoms with Crippen molar-refractivity contribution in [2.75, 3.05) is 5.75 Å². The number of furan rings is 1. The standard InChI is InChI=1S/C8H10OS/c1-3-6-10-8-5-4-7(2)9-8/h3-5H,1,6H2,2H3. The molecule has 2 heteroatoms. The first-order valence-electron chi connectivity index (χ1n) is 3.13. The van der Waals surface area contributed by atoms with Crippen molar-refractivity contribution in [2.45, 2.75) is 12.0 Å². The second-order valence-corrected chi connectivity index (χ2v) is 2.99. The maximum absolute atomic E-state index is 5.30. The van der Waals surface area contributed by atoms with E-state index in [1.807, 2.05) is 25.1 Å². The first-order chi connectivity index (χ1) is 4.83. The van der Waals surface area contributed by atoms with Crippen LogP contribution in [0.25, 0.3) is 0 Å². The number of aryl methyl sites for hydroxylation is 1. The predicted molar refractivity (Wildman–Crippen MR) is 44.4 cm³/mol. The summed E-state index contributed by atoms with van der Waals surface area (Å²) in [5.74, 6) is 1.87. The van der Waals surface area contributed by atoms with Crippen molar-refractivity contribution in [1.29, 1.82) is 0 Å². The van der Waals surface area contributed by atoms with Gasteiger partial charge < -0.3 is 4.42 Å². The molecule has 0 unspecified atom stereocenters. The van der Waals surface area contributed by atoms with E-state index in [2.05, 4.69) is 6.58 Å². The van der Waals surface area contributed by atoms with Crippen molar-refractivity contribution in [1.82, 2.24) is 0 Å². The quantitative estimate of drug-likeness (QED) is 0.490. The van der Waals surface area contributed by atoms with E-state index in [1.165, 1.54) is 0 Å². The summed E-state index contributed by atoms with van der Waals surface area (Å²) in [6, 6.07) is 3.94. The van der Waals surface area contributed by atoms with Crippen LogP contribution < -0.4 is 0 Å². The number of hydrogen-bond acceptors (Lipinski definition) is 2. The summed E-state index contributed by atoms with van der Waals surface area (Å²) in [7, 11) is 0. The van der Waals surface area contributed by atoms with Crippen LogP contribution in [0.1, 0.15) is 5.76 Å². The Labute approximate surface area is 65.1 Å². The molecular weight excluding hydrogens is 144 g/mol. The van der Waals surface area contributed by atoms with Crippen LogP contribution in [0, 0.1) is 6.92 Å². The number of thioether (sulfide) groups is 1. The Morgan fingerprint density at radius 1 is 1.70 bits per heavy atom. The van der Waals surface area contributed by atoms with Crippen molar-refractivity contribution in [3.05, 3.63) is 30.5 Å². The van der Waals surface area contributed by atoms with Crippen molar-refractivity contribution >= 4 is 11.8 Å². The van der Waals surface area contributed by atoms with Crippen LogP contribution in [0.5, 0.6) is 0 Å². The van der Waals surface area contributed by atoms with Gasteiger partial charge in [-0.3, -0.25) is 0 Å². The van der Waals surface area contributed by atoms with Crippen molar-refractivity contribution in [3.8, 4) is 0 Å². The third kappa shape index (κ3) is 1.95. The van der Waals surface area contributed by atoms with Crippen LogP contribution in [-0.2, 0) is 0 Å². The zero-order chi connectivity index (χ0) is 7.40. The Balaban J connectivity index is 2.49. The molecule has 0 saturated carbocycles. The van der Waals surface area contributed by atoms with Gasteiger partial charge in [0.15, 0.2) is 5.09 Å². The SMILES string of the molecule is C=CCSc1ccc(C)o1. The molecule has 0 aliphatic rings. The highest BCUT2D eigenvalue weighted by molar-refractivity contribution is 7.99. The summed E-state index contributed by atoms with van der Waals surface area (Å²) in [5, 5.41) is 0.970. The Morgan fingerprint density at radius 3 is 3.00 bits per heavy atom. The first kappa shape index (κ1) is 7.48. The van der Waals surface area contributed by atoms with E-state index >= 15 is 0 Å². The summed E-state index contributed by atoms with van der Waals surface area (Å²) in [6.45, 7) is 5.56. The molecule has 10 heavy (non-hydrogen) atoms. The van der Waals surface area contributed by atoms with Crippen molar-refractivity contribution in [3.63, 3.8) is 0 Å². The molecule has 1 nitrogen and oxygen atoms in total. The first-order valence-corrected chi connectivity index (χ1v) is 4.11. The molecule has 0 N–H and O–H groups in total. The summed E-state index contributed by atoms with van der Waals surface area (Å²) in [4.78, 5) is 0. The average Bonchev–Trinajstić information content (AvgIpc) is 2.31.